The molecule has 4 rings (SSSR count). The Morgan fingerprint density at radius 3 is 2.52 bits per heavy atom. The first-order valence-corrected chi connectivity index (χ1v) is 11.1. The first kappa shape index (κ1) is 21.9. The van der Waals surface area contributed by atoms with Gasteiger partial charge in [-0.1, -0.05) is 43.1 Å². The van der Waals surface area contributed by atoms with E-state index in [0.717, 1.165) is 11.3 Å². The fourth-order valence-corrected chi connectivity index (χ4v) is 5.13. The van der Waals surface area contributed by atoms with Gasteiger partial charge in [-0.3, -0.25) is 14.2 Å². The third-order valence-electron chi connectivity index (χ3n) is 6.32. The van der Waals surface area contributed by atoms with Gasteiger partial charge in [-0.2, -0.15) is 10.2 Å². The number of likely N-dealkylation sites (tertiary alicyclic amines) is 1. The maximum atomic E-state index is 13.6. The molecule has 8 heteroatoms. The van der Waals surface area contributed by atoms with Crippen molar-refractivity contribution < 1.29 is 4.79 Å². The summed E-state index contributed by atoms with van der Waals surface area (Å²) in [5.41, 5.74) is 4.12. The molecule has 1 aliphatic rings. The highest BCUT2D eigenvalue weighted by Gasteiger charge is 2.43. The second-order valence-corrected chi connectivity index (χ2v) is 9.89. The molecule has 1 unspecified atom stereocenters. The third-order valence-corrected chi connectivity index (χ3v) is 7.03. The van der Waals surface area contributed by atoms with Crippen LogP contribution in [0.2, 0.25) is 10.0 Å². The Morgan fingerprint density at radius 2 is 1.90 bits per heavy atom. The van der Waals surface area contributed by atoms with Gasteiger partial charge in [-0.25, -0.2) is 0 Å². The number of halogens is 2. The minimum absolute atomic E-state index is 0.0194. The number of nitrogens with zero attached hydrogens (tertiary/aromatic N) is 5. The minimum Gasteiger partial charge on any atom is -0.337 e. The zero-order chi connectivity index (χ0) is 22.5. The fourth-order valence-electron chi connectivity index (χ4n) is 4.62. The van der Waals surface area contributed by atoms with Gasteiger partial charge in [0.2, 0.25) is 0 Å². The van der Waals surface area contributed by atoms with Crippen LogP contribution in [-0.4, -0.2) is 43.5 Å². The van der Waals surface area contributed by atoms with Crippen LogP contribution in [0, 0.1) is 19.3 Å². The normalized spacial score (nSPS) is 18.0. The van der Waals surface area contributed by atoms with Crippen LogP contribution in [0.3, 0.4) is 0 Å². The van der Waals surface area contributed by atoms with Crippen LogP contribution in [-0.2, 0) is 13.6 Å². The standard InChI is InChI=1S/C23H27Cl2N5O/c1-14-21(15(2)30(27-14)11-17-19(24)7-6-8-20(17)25)22(31)29-12-18(23(3,4)13-29)16-9-26-28(5)10-16/h6-10,18H,11-13H2,1-5H3. The van der Waals surface area contributed by atoms with E-state index >= 15 is 0 Å². The molecule has 0 saturated carbocycles. The average molecular weight is 460 g/mol. The van der Waals surface area contributed by atoms with Gasteiger partial charge in [-0.15, -0.1) is 0 Å². The molecule has 6 nitrogen and oxygen atoms in total. The summed E-state index contributed by atoms with van der Waals surface area (Å²) in [7, 11) is 1.92. The van der Waals surface area contributed by atoms with E-state index in [4.69, 9.17) is 23.2 Å². The quantitative estimate of drug-likeness (QED) is 0.559. The van der Waals surface area contributed by atoms with Gasteiger partial charge in [0.15, 0.2) is 0 Å². The molecule has 2 aromatic heterocycles. The molecule has 0 aliphatic carbocycles. The maximum absolute atomic E-state index is 13.6. The molecule has 1 atom stereocenters. The van der Waals surface area contributed by atoms with Crippen molar-refractivity contribution in [2.24, 2.45) is 12.5 Å². The molecule has 1 aliphatic heterocycles. The number of hydrogen-bond donors (Lipinski definition) is 0. The number of aryl methyl sites for hydroxylation is 2. The van der Waals surface area contributed by atoms with Gasteiger partial charge in [0.25, 0.3) is 5.91 Å². The van der Waals surface area contributed by atoms with Crippen molar-refractivity contribution >= 4 is 29.1 Å². The zero-order valence-corrected chi connectivity index (χ0v) is 20.0. The van der Waals surface area contributed by atoms with Gasteiger partial charge in [0.05, 0.1) is 24.0 Å². The van der Waals surface area contributed by atoms with Gasteiger partial charge in [0.1, 0.15) is 0 Å². The lowest BCUT2D eigenvalue weighted by Gasteiger charge is -2.24. The van der Waals surface area contributed by atoms with Crippen LogP contribution in [0.15, 0.2) is 30.6 Å². The van der Waals surface area contributed by atoms with E-state index in [2.05, 4.69) is 24.0 Å². The molecule has 0 spiro atoms. The Morgan fingerprint density at radius 1 is 1.23 bits per heavy atom. The summed E-state index contributed by atoms with van der Waals surface area (Å²) in [5.74, 6) is 0.258. The summed E-state index contributed by atoms with van der Waals surface area (Å²) >= 11 is 12.7. The van der Waals surface area contributed by atoms with Crippen molar-refractivity contribution in [3.63, 3.8) is 0 Å². The lowest BCUT2D eigenvalue weighted by atomic mass is 9.79. The lowest BCUT2D eigenvalue weighted by molar-refractivity contribution is 0.0776. The second kappa shape index (κ2) is 7.99. The number of carbonyl (C=O) groups is 1. The average Bonchev–Trinajstić information content (AvgIpc) is 3.33. The van der Waals surface area contributed by atoms with E-state index in [0.29, 0.717) is 40.9 Å². The van der Waals surface area contributed by atoms with Crippen molar-refractivity contribution in [1.29, 1.82) is 0 Å². The number of benzene rings is 1. The summed E-state index contributed by atoms with van der Waals surface area (Å²) in [5, 5.41) is 10.1. The fraction of sp³-hybridized carbons (Fsp3) is 0.435. The van der Waals surface area contributed by atoms with E-state index < -0.39 is 0 Å². The van der Waals surface area contributed by atoms with Crippen LogP contribution in [0.25, 0.3) is 0 Å². The number of amides is 1. The van der Waals surface area contributed by atoms with Crippen molar-refractivity contribution in [3.8, 4) is 0 Å². The lowest BCUT2D eigenvalue weighted by Crippen LogP contribution is -2.31. The highest BCUT2D eigenvalue weighted by atomic mass is 35.5. The molecule has 0 N–H and O–H groups in total. The van der Waals surface area contributed by atoms with Crippen LogP contribution < -0.4 is 0 Å². The molecular weight excluding hydrogens is 433 g/mol. The molecule has 31 heavy (non-hydrogen) atoms. The summed E-state index contributed by atoms with van der Waals surface area (Å²) < 4.78 is 3.63. The van der Waals surface area contributed by atoms with Crippen molar-refractivity contribution in [1.82, 2.24) is 24.5 Å². The smallest absolute Gasteiger partial charge is 0.257 e. The largest absolute Gasteiger partial charge is 0.337 e. The van der Waals surface area contributed by atoms with E-state index in [1.54, 1.807) is 0 Å². The van der Waals surface area contributed by atoms with E-state index in [9.17, 15) is 4.79 Å². The SMILES string of the molecule is Cc1nn(Cc2c(Cl)cccc2Cl)c(C)c1C(=O)N1CC(c2cnn(C)c2)C(C)(C)C1. The summed E-state index contributed by atoms with van der Waals surface area (Å²) in [6.07, 6.45) is 3.95. The van der Waals surface area contributed by atoms with E-state index in [1.807, 2.05) is 65.8 Å². The topological polar surface area (TPSA) is 56.0 Å². The Hall–Kier alpha value is -2.31. The van der Waals surface area contributed by atoms with E-state index in [-0.39, 0.29) is 17.2 Å². The summed E-state index contributed by atoms with van der Waals surface area (Å²) in [6, 6.07) is 5.44. The molecule has 1 saturated heterocycles. The van der Waals surface area contributed by atoms with Gasteiger partial charge in [-0.05, 0) is 37.0 Å². The second-order valence-electron chi connectivity index (χ2n) is 9.08. The number of hydrogen-bond acceptors (Lipinski definition) is 3. The number of aromatic nitrogens is 4. The van der Waals surface area contributed by atoms with Crippen molar-refractivity contribution in [2.45, 2.75) is 40.2 Å². The zero-order valence-electron chi connectivity index (χ0n) is 18.5. The van der Waals surface area contributed by atoms with Crippen molar-refractivity contribution in [2.75, 3.05) is 13.1 Å². The molecule has 164 valence electrons. The molecule has 1 fully saturated rings. The maximum Gasteiger partial charge on any atom is 0.257 e. The highest BCUT2D eigenvalue weighted by molar-refractivity contribution is 6.35. The summed E-state index contributed by atoms with van der Waals surface area (Å²) in [4.78, 5) is 15.5. The van der Waals surface area contributed by atoms with Crippen LogP contribution in [0.5, 0.6) is 0 Å². The Labute approximate surface area is 192 Å². The number of carbonyl (C=O) groups excluding carboxylic acids is 1. The molecule has 0 bridgehead atoms. The first-order valence-electron chi connectivity index (χ1n) is 10.3. The Kier molecular flexibility index (Phi) is 5.64. The highest BCUT2D eigenvalue weighted by Crippen LogP contribution is 2.42. The van der Waals surface area contributed by atoms with Gasteiger partial charge >= 0.3 is 0 Å². The monoisotopic (exact) mass is 459 g/mol. The van der Waals surface area contributed by atoms with Crippen LogP contribution in [0.1, 0.15) is 52.6 Å². The minimum atomic E-state index is -0.0401. The third kappa shape index (κ3) is 3.99. The van der Waals surface area contributed by atoms with Gasteiger partial charge in [0, 0.05) is 53.6 Å². The Bertz CT molecular complexity index is 1130. The molecular formula is C23H27Cl2N5O. The predicted molar refractivity (Wildman–Crippen MR) is 123 cm³/mol. The molecule has 0 radical (unpaired) electrons. The van der Waals surface area contributed by atoms with Crippen LogP contribution >= 0.6 is 23.2 Å². The van der Waals surface area contributed by atoms with Crippen molar-refractivity contribution in [3.05, 3.63) is 68.7 Å². The molecule has 1 aromatic carbocycles. The molecule has 3 heterocycles. The molecule has 1 amide bonds. The number of rotatable bonds is 4. The van der Waals surface area contributed by atoms with Crippen LogP contribution in [0.4, 0.5) is 0 Å². The summed E-state index contributed by atoms with van der Waals surface area (Å²) in [6.45, 7) is 10.00. The first-order chi connectivity index (χ1) is 14.6. The molecule has 3 aromatic rings. The van der Waals surface area contributed by atoms with Gasteiger partial charge < -0.3 is 4.90 Å². The van der Waals surface area contributed by atoms with E-state index in [1.165, 1.54) is 5.56 Å². The predicted octanol–water partition coefficient (Wildman–Crippen LogP) is 4.85. The Balaban J connectivity index is 1.61.